The molecule has 0 atom stereocenters. The summed E-state index contributed by atoms with van der Waals surface area (Å²) in [7, 11) is 0. The number of hydrogen-bond donors (Lipinski definition) is 1. The first-order valence-electron chi connectivity index (χ1n) is 9.27. The van der Waals surface area contributed by atoms with Crippen molar-refractivity contribution in [2.75, 3.05) is 6.54 Å². The molecule has 2 heterocycles. The SMILES string of the molecule is O=C(Cc1csc(-c2cccs2)n1)NCC1(c2c(F)cccc2F)CCCC1. The van der Waals surface area contributed by atoms with Gasteiger partial charge in [0.25, 0.3) is 0 Å². The van der Waals surface area contributed by atoms with Crippen molar-refractivity contribution in [1.29, 1.82) is 0 Å². The highest BCUT2D eigenvalue weighted by Crippen LogP contribution is 2.42. The topological polar surface area (TPSA) is 42.0 Å². The Hall–Kier alpha value is -2.12. The van der Waals surface area contributed by atoms with E-state index in [4.69, 9.17) is 0 Å². The summed E-state index contributed by atoms with van der Waals surface area (Å²) in [6.45, 7) is 0.242. The average Bonchev–Trinajstić information content (AvgIpc) is 3.42. The Labute approximate surface area is 170 Å². The molecule has 3 nitrogen and oxygen atoms in total. The number of rotatable bonds is 6. The van der Waals surface area contributed by atoms with E-state index in [0.717, 1.165) is 22.7 Å². The maximum atomic E-state index is 14.4. The number of benzene rings is 1. The van der Waals surface area contributed by atoms with Gasteiger partial charge in [-0.1, -0.05) is 25.0 Å². The molecule has 1 N–H and O–H groups in total. The van der Waals surface area contributed by atoms with Crippen molar-refractivity contribution in [3.63, 3.8) is 0 Å². The van der Waals surface area contributed by atoms with E-state index in [1.165, 1.54) is 29.5 Å². The smallest absolute Gasteiger partial charge is 0.226 e. The number of carbonyl (C=O) groups excluding carboxylic acids is 1. The maximum absolute atomic E-state index is 14.4. The molecule has 1 aliphatic carbocycles. The van der Waals surface area contributed by atoms with Gasteiger partial charge in [-0.25, -0.2) is 13.8 Å². The Morgan fingerprint density at radius 2 is 1.86 bits per heavy atom. The lowest BCUT2D eigenvalue weighted by Gasteiger charge is -2.30. The van der Waals surface area contributed by atoms with Crippen molar-refractivity contribution >= 4 is 28.6 Å². The van der Waals surface area contributed by atoms with Crippen molar-refractivity contribution in [3.05, 3.63) is 64.0 Å². The van der Waals surface area contributed by atoms with Crippen LogP contribution in [0, 0.1) is 11.6 Å². The molecule has 0 saturated heterocycles. The molecule has 0 radical (unpaired) electrons. The lowest BCUT2D eigenvalue weighted by molar-refractivity contribution is -0.120. The lowest BCUT2D eigenvalue weighted by atomic mass is 9.78. The maximum Gasteiger partial charge on any atom is 0.226 e. The summed E-state index contributed by atoms with van der Waals surface area (Å²) in [6, 6.07) is 7.93. The molecule has 1 aromatic carbocycles. The Balaban J connectivity index is 1.44. The van der Waals surface area contributed by atoms with Crippen molar-refractivity contribution in [3.8, 4) is 9.88 Å². The zero-order valence-electron chi connectivity index (χ0n) is 15.2. The highest BCUT2D eigenvalue weighted by molar-refractivity contribution is 7.20. The Morgan fingerprint density at radius 1 is 1.11 bits per heavy atom. The van der Waals surface area contributed by atoms with E-state index in [2.05, 4.69) is 10.3 Å². The molecule has 7 heteroatoms. The van der Waals surface area contributed by atoms with Gasteiger partial charge in [-0.05, 0) is 36.4 Å². The highest BCUT2D eigenvalue weighted by atomic mass is 32.1. The standard InChI is InChI=1S/C21H20F2N2OS2/c22-15-5-3-6-16(23)19(15)21(8-1-2-9-21)13-24-18(26)11-14-12-28-20(25-14)17-7-4-10-27-17/h3-7,10,12H,1-2,8-9,11,13H2,(H,24,26). The van der Waals surface area contributed by atoms with E-state index in [-0.39, 0.29) is 24.4 Å². The third kappa shape index (κ3) is 3.86. The van der Waals surface area contributed by atoms with E-state index in [9.17, 15) is 13.6 Å². The van der Waals surface area contributed by atoms with Crippen molar-refractivity contribution < 1.29 is 13.6 Å². The van der Waals surface area contributed by atoms with E-state index in [0.29, 0.717) is 18.5 Å². The minimum absolute atomic E-state index is 0.112. The molecule has 146 valence electrons. The second-order valence-electron chi connectivity index (χ2n) is 7.16. The molecule has 1 fully saturated rings. The second-order valence-corrected chi connectivity index (χ2v) is 8.96. The van der Waals surface area contributed by atoms with Crippen LogP contribution in [0.4, 0.5) is 8.78 Å². The molecule has 0 unspecified atom stereocenters. The zero-order valence-corrected chi connectivity index (χ0v) is 16.8. The predicted octanol–water partition coefficient (Wildman–Crippen LogP) is 5.32. The quantitative estimate of drug-likeness (QED) is 0.589. The molecule has 0 aliphatic heterocycles. The van der Waals surface area contributed by atoms with Crippen LogP contribution in [-0.4, -0.2) is 17.4 Å². The van der Waals surface area contributed by atoms with Crippen LogP contribution in [0.5, 0.6) is 0 Å². The molecule has 1 saturated carbocycles. The molecule has 2 aromatic heterocycles. The molecule has 28 heavy (non-hydrogen) atoms. The normalized spacial score (nSPS) is 15.6. The van der Waals surface area contributed by atoms with Crippen LogP contribution in [0.2, 0.25) is 0 Å². The van der Waals surface area contributed by atoms with Gasteiger partial charge in [0, 0.05) is 22.9 Å². The van der Waals surface area contributed by atoms with Crippen LogP contribution < -0.4 is 5.32 Å². The Kier molecular flexibility index (Phi) is 5.55. The summed E-state index contributed by atoms with van der Waals surface area (Å²) >= 11 is 3.12. The third-order valence-electron chi connectivity index (χ3n) is 5.30. The largest absolute Gasteiger partial charge is 0.355 e. The molecule has 1 amide bonds. The number of thiazole rings is 1. The second kappa shape index (κ2) is 8.09. The first-order valence-corrected chi connectivity index (χ1v) is 11.0. The summed E-state index contributed by atoms with van der Waals surface area (Å²) in [5.74, 6) is -1.24. The minimum Gasteiger partial charge on any atom is -0.355 e. The number of amides is 1. The number of carbonyl (C=O) groups is 1. The highest BCUT2D eigenvalue weighted by Gasteiger charge is 2.40. The fraction of sp³-hybridized carbons (Fsp3) is 0.333. The Morgan fingerprint density at radius 3 is 2.54 bits per heavy atom. The van der Waals surface area contributed by atoms with Gasteiger partial charge in [0.2, 0.25) is 5.91 Å². The van der Waals surface area contributed by atoms with Crippen LogP contribution in [0.15, 0.2) is 41.1 Å². The van der Waals surface area contributed by atoms with E-state index in [1.807, 2.05) is 22.9 Å². The van der Waals surface area contributed by atoms with Crippen molar-refractivity contribution in [2.24, 2.45) is 0 Å². The van der Waals surface area contributed by atoms with Gasteiger partial charge in [0.1, 0.15) is 16.6 Å². The monoisotopic (exact) mass is 418 g/mol. The molecule has 0 bridgehead atoms. The van der Waals surface area contributed by atoms with Crippen molar-refractivity contribution in [2.45, 2.75) is 37.5 Å². The Bertz CT molecular complexity index is 942. The van der Waals surface area contributed by atoms with Gasteiger partial charge < -0.3 is 5.32 Å². The van der Waals surface area contributed by atoms with Gasteiger partial charge >= 0.3 is 0 Å². The summed E-state index contributed by atoms with van der Waals surface area (Å²) < 4.78 is 28.8. The molecule has 0 spiro atoms. The first-order chi connectivity index (χ1) is 13.6. The lowest BCUT2D eigenvalue weighted by Crippen LogP contribution is -2.40. The average molecular weight is 419 g/mol. The number of nitrogens with zero attached hydrogens (tertiary/aromatic N) is 1. The minimum atomic E-state index is -0.671. The fourth-order valence-corrected chi connectivity index (χ4v) is 5.60. The van der Waals surface area contributed by atoms with Gasteiger partial charge in [0.15, 0.2) is 0 Å². The zero-order chi connectivity index (χ0) is 19.6. The van der Waals surface area contributed by atoms with Crippen LogP contribution in [0.25, 0.3) is 9.88 Å². The molecule has 4 rings (SSSR count). The van der Waals surface area contributed by atoms with Gasteiger partial charge in [-0.15, -0.1) is 22.7 Å². The van der Waals surface area contributed by atoms with Crippen LogP contribution in [0.1, 0.15) is 36.9 Å². The van der Waals surface area contributed by atoms with Gasteiger partial charge in [0.05, 0.1) is 17.0 Å². The fourth-order valence-electron chi connectivity index (χ4n) is 3.97. The number of halogens is 2. The molecular formula is C21H20F2N2OS2. The summed E-state index contributed by atoms with van der Waals surface area (Å²) in [5, 5.41) is 7.68. The number of hydrogen-bond acceptors (Lipinski definition) is 4. The van der Waals surface area contributed by atoms with Gasteiger partial charge in [-0.2, -0.15) is 0 Å². The number of nitrogens with one attached hydrogen (secondary N) is 1. The number of thiophene rings is 1. The first kappa shape index (κ1) is 19.2. The van der Waals surface area contributed by atoms with E-state index in [1.54, 1.807) is 11.3 Å². The van der Waals surface area contributed by atoms with Gasteiger partial charge in [-0.3, -0.25) is 4.79 Å². The summed E-state index contributed by atoms with van der Waals surface area (Å²) in [4.78, 5) is 18.1. The third-order valence-corrected chi connectivity index (χ3v) is 7.23. The summed E-state index contributed by atoms with van der Waals surface area (Å²) in [5.41, 5.74) is 0.153. The van der Waals surface area contributed by atoms with E-state index < -0.39 is 17.0 Å². The van der Waals surface area contributed by atoms with Crippen LogP contribution in [-0.2, 0) is 16.6 Å². The molecule has 1 aliphatic rings. The van der Waals surface area contributed by atoms with E-state index >= 15 is 0 Å². The predicted molar refractivity (Wildman–Crippen MR) is 109 cm³/mol. The molecule has 3 aromatic rings. The van der Waals surface area contributed by atoms with Crippen molar-refractivity contribution in [1.82, 2.24) is 10.3 Å². The summed E-state index contributed by atoms with van der Waals surface area (Å²) in [6.07, 6.45) is 3.31. The van der Waals surface area contributed by atoms with Crippen LogP contribution >= 0.6 is 22.7 Å². The molecular weight excluding hydrogens is 398 g/mol. The van der Waals surface area contributed by atoms with Crippen LogP contribution in [0.3, 0.4) is 0 Å². The number of aromatic nitrogens is 1.